The largest absolute Gasteiger partial charge is 0.336 e. The molecule has 3 rings (SSSR count). The van der Waals surface area contributed by atoms with E-state index in [-0.39, 0.29) is 5.91 Å². The van der Waals surface area contributed by atoms with Crippen molar-refractivity contribution in [2.45, 2.75) is 6.54 Å². The molecule has 0 spiro atoms. The van der Waals surface area contributed by atoms with Crippen LogP contribution in [-0.2, 0) is 6.54 Å². The highest BCUT2D eigenvalue weighted by Gasteiger charge is 2.24. The second kappa shape index (κ2) is 7.30. The molecule has 1 saturated heterocycles. The Balaban J connectivity index is 1.60. The molecule has 120 valence electrons. The smallest absolute Gasteiger partial charge is 0.255 e. The fourth-order valence-corrected chi connectivity index (χ4v) is 3.05. The average molecular weight is 350 g/mol. The van der Waals surface area contributed by atoms with Crippen molar-refractivity contribution in [1.82, 2.24) is 14.8 Å². The quantitative estimate of drug-likeness (QED) is 0.852. The Hall–Kier alpha value is -1.62. The van der Waals surface area contributed by atoms with Crippen molar-refractivity contribution in [2.24, 2.45) is 0 Å². The second-order valence-electron chi connectivity index (χ2n) is 5.49. The van der Waals surface area contributed by atoms with Crippen LogP contribution in [0.5, 0.6) is 0 Å². The molecule has 2 heterocycles. The lowest BCUT2D eigenvalue weighted by atomic mass is 10.1. The van der Waals surface area contributed by atoms with Crippen molar-refractivity contribution in [2.75, 3.05) is 26.2 Å². The lowest BCUT2D eigenvalue weighted by Crippen LogP contribution is -2.48. The molecule has 6 heteroatoms. The van der Waals surface area contributed by atoms with Crippen LogP contribution in [0, 0.1) is 0 Å². The lowest BCUT2D eigenvalue weighted by Gasteiger charge is -2.34. The Labute approximate surface area is 145 Å². The predicted molar refractivity (Wildman–Crippen MR) is 91.9 cm³/mol. The third-order valence-corrected chi connectivity index (χ3v) is 4.77. The molecule has 4 nitrogen and oxygen atoms in total. The molecular formula is C17H17Cl2N3O. The molecule has 0 bridgehead atoms. The molecule has 1 fully saturated rings. The summed E-state index contributed by atoms with van der Waals surface area (Å²) in [6.07, 6.45) is 1.80. The first kappa shape index (κ1) is 16.2. The number of carbonyl (C=O) groups excluding carboxylic acids is 1. The van der Waals surface area contributed by atoms with Crippen molar-refractivity contribution >= 4 is 29.1 Å². The average Bonchev–Trinajstić information content (AvgIpc) is 2.58. The molecule has 1 aromatic carbocycles. The highest BCUT2D eigenvalue weighted by Crippen LogP contribution is 2.26. The number of carbonyl (C=O) groups is 1. The van der Waals surface area contributed by atoms with Gasteiger partial charge < -0.3 is 4.90 Å². The van der Waals surface area contributed by atoms with Crippen LogP contribution in [-0.4, -0.2) is 46.9 Å². The molecule has 1 aliphatic rings. The monoisotopic (exact) mass is 349 g/mol. The normalized spacial score (nSPS) is 15.7. The number of piperazine rings is 1. The zero-order valence-electron chi connectivity index (χ0n) is 12.6. The number of amides is 1. The molecule has 0 radical (unpaired) electrons. The third-order valence-electron chi connectivity index (χ3n) is 3.95. The third kappa shape index (κ3) is 3.83. The first-order valence-electron chi connectivity index (χ1n) is 7.50. The molecule has 2 aromatic rings. The highest BCUT2D eigenvalue weighted by molar-refractivity contribution is 6.43. The summed E-state index contributed by atoms with van der Waals surface area (Å²) in [5.74, 6) is -0.0602. The SMILES string of the molecule is O=C(c1cccc(Cl)c1Cl)N1CCN(Cc2ccccn2)CC1. The fraction of sp³-hybridized carbons (Fsp3) is 0.294. The fourth-order valence-electron chi connectivity index (χ4n) is 2.67. The molecule has 0 aliphatic carbocycles. The van der Waals surface area contributed by atoms with Crippen molar-refractivity contribution in [3.63, 3.8) is 0 Å². The molecule has 1 aromatic heterocycles. The predicted octanol–water partition coefficient (Wildman–Crippen LogP) is 3.35. The maximum absolute atomic E-state index is 12.6. The minimum absolute atomic E-state index is 0.0602. The van der Waals surface area contributed by atoms with E-state index in [1.807, 2.05) is 23.1 Å². The molecule has 1 amide bonds. The van der Waals surface area contributed by atoms with Crippen LogP contribution in [0.15, 0.2) is 42.6 Å². The van der Waals surface area contributed by atoms with Gasteiger partial charge in [-0.05, 0) is 24.3 Å². The Morgan fingerprint density at radius 1 is 1.04 bits per heavy atom. The van der Waals surface area contributed by atoms with Crippen LogP contribution in [0.1, 0.15) is 16.1 Å². The van der Waals surface area contributed by atoms with E-state index in [1.165, 1.54) is 0 Å². The number of pyridine rings is 1. The van der Waals surface area contributed by atoms with Crippen LogP contribution in [0.25, 0.3) is 0 Å². The Bertz CT molecular complexity index is 685. The second-order valence-corrected chi connectivity index (χ2v) is 6.28. The van der Waals surface area contributed by atoms with Gasteiger partial charge in [0.05, 0.1) is 21.3 Å². The molecule has 0 saturated carbocycles. The van der Waals surface area contributed by atoms with Gasteiger partial charge in [-0.3, -0.25) is 14.7 Å². The van der Waals surface area contributed by atoms with E-state index < -0.39 is 0 Å². The molecule has 0 atom stereocenters. The van der Waals surface area contributed by atoms with Gasteiger partial charge in [0.15, 0.2) is 0 Å². The highest BCUT2D eigenvalue weighted by atomic mass is 35.5. The van der Waals surface area contributed by atoms with Crippen LogP contribution < -0.4 is 0 Å². The summed E-state index contributed by atoms with van der Waals surface area (Å²) in [6, 6.07) is 11.1. The molecule has 0 unspecified atom stereocenters. The zero-order valence-corrected chi connectivity index (χ0v) is 14.1. The maximum atomic E-state index is 12.6. The summed E-state index contributed by atoms with van der Waals surface area (Å²) in [6.45, 7) is 3.80. The standard InChI is InChI=1S/C17H17Cl2N3O/c18-15-6-3-5-14(16(15)19)17(23)22-10-8-21(9-11-22)12-13-4-1-2-7-20-13/h1-7H,8-12H2. The minimum Gasteiger partial charge on any atom is -0.336 e. The van der Waals surface area contributed by atoms with Crippen molar-refractivity contribution in [3.8, 4) is 0 Å². The Morgan fingerprint density at radius 3 is 2.52 bits per heavy atom. The van der Waals surface area contributed by atoms with Gasteiger partial charge in [-0.1, -0.05) is 35.3 Å². The van der Waals surface area contributed by atoms with E-state index in [0.717, 1.165) is 25.3 Å². The van der Waals surface area contributed by atoms with Crippen molar-refractivity contribution in [1.29, 1.82) is 0 Å². The van der Waals surface area contributed by atoms with Crippen molar-refractivity contribution < 1.29 is 4.79 Å². The van der Waals surface area contributed by atoms with Crippen LogP contribution in [0.4, 0.5) is 0 Å². The number of nitrogens with zero attached hydrogens (tertiary/aromatic N) is 3. The Kier molecular flexibility index (Phi) is 5.16. The van der Waals surface area contributed by atoms with E-state index >= 15 is 0 Å². The van der Waals surface area contributed by atoms with Gasteiger partial charge in [0.25, 0.3) is 5.91 Å². The van der Waals surface area contributed by atoms with Gasteiger partial charge in [-0.2, -0.15) is 0 Å². The summed E-state index contributed by atoms with van der Waals surface area (Å²) in [5.41, 5.74) is 1.52. The summed E-state index contributed by atoms with van der Waals surface area (Å²) < 4.78 is 0. The van der Waals surface area contributed by atoms with Gasteiger partial charge in [0.1, 0.15) is 0 Å². The van der Waals surface area contributed by atoms with E-state index in [0.29, 0.717) is 28.7 Å². The number of hydrogen-bond acceptors (Lipinski definition) is 3. The lowest BCUT2D eigenvalue weighted by molar-refractivity contribution is 0.0627. The number of hydrogen-bond donors (Lipinski definition) is 0. The molecular weight excluding hydrogens is 333 g/mol. The van der Waals surface area contributed by atoms with E-state index in [4.69, 9.17) is 23.2 Å². The topological polar surface area (TPSA) is 36.4 Å². The number of benzene rings is 1. The summed E-state index contributed by atoms with van der Waals surface area (Å²) in [5, 5.41) is 0.737. The van der Waals surface area contributed by atoms with Crippen LogP contribution in [0.2, 0.25) is 10.0 Å². The summed E-state index contributed by atoms with van der Waals surface area (Å²) >= 11 is 12.1. The van der Waals surface area contributed by atoms with Crippen LogP contribution in [0.3, 0.4) is 0 Å². The minimum atomic E-state index is -0.0602. The van der Waals surface area contributed by atoms with E-state index in [2.05, 4.69) is 9.88 Å². The first-order chi connectivity index (χ1) is 11.1. The van der Waals surface area contributed by atoms with Gasteiger partial charge >= 0.3 is 0 Å². The number of rotatable bonds is 3. The van der Waals surface area contributed by atoms with Crippen molar-refractivity contribution in [3.05, 3.63) is 63.9 Å². The number of halogens is 2. The van der Waals surface area contributed by atoms with Gasteiger partial charge in [0.2, 0.25) is 0 Å². The first-order valence-corrected chi connectivity index (χ1v) is 8.26. The molecule has 23 heavy (non-hydrogen) atoms. The van der Waals surface area contributed by atoms with Gasteiger partial charge in [-0.25, -0.2) is 0 Å². The van der Waals surface area contributed by atoms with E-state index in [9.17, 15) is 4.79 Å². The molecule has 0 N–H and O–H groups in total. The van der Waals surface area contributed by atoms with Gasteiger partial charge in [0, 0.05) is 38.9 Å². The maximum Gasteiger partial charge on any atom is 0.255 e. The summed E-state index contributed by atoms with van der Waals surface area (Å²) in [4.78, 5) is 21.1. The van der Waals surface area contributed by atoms with E-state index in [1.54, 1.807) is 24.4 Å². The Morgan fingerprint density at radius 2 is 1.83 bits per heavy atom. The number of aromatic nitrogens is 1. The summed E-state index contributed by atoms with van der Waals surface area (Å²) in [7, 11) is 0. The van der Waals surface area contributed by atoms with Crippen LogP contribution >= 0.6 is 23.2 Å². The van der Waals surface area contributed by atoms with Gasteiger partial charge in [-0.15, -0.1) is 0 Å². The molecule has 1 aliphatic heterocycles. The zero-order chi connectivity index (χ0) is 16.2.